The van der Waals surface area contributed by atoms with Crippen LogP contribution in [0.2, 0.25) is 0 Å². The van der Waals surface area contributed by atoms with Crippen LogP contribution < -0.4 is 10.3 Å². The second-order valence-corrected chi connectivity index (χ2v) is 12.3. The minimum atomic E-state index is -4.16. The number of sulfonamides is 1. The zero-order valence-corrected chi connectivity index (χ0v) is 21.9. The van der Waals surface area contributed by atoms with E-state index in [1.54, 1.807) is 18.2 Å². The number of benzene rings is 2. The molecule has 2 aromatic heterocycles. The fourth-order valence-electron chi connectivity index (χ4n) is 3.80. The molecule has 0 aliphatic rings. The smallest absolute Gasteiger partial charge is 0.260 e. The summed E-state index contributed by atoms with van der Waals surface area (Å²) in [5.74, 6) is -3.76. The van der Waals surface area contributed by atoms with Crippen LogP contribution in [0.4, 0.5) is 23.2 Å². The second kappa shape index (κ2) is 10.4. The van der Waals surface area contributed by atoms with Gasteiger partial charge in [0.2, 0.25) is 25.0 Å². The number of hydrogen-bond donors (Lipinski definition) is 1. The zero-order valence-electron chi connectivity index (χ0n) is 20.3. The Kier molecular flexibility index (Phi) is 7.49. The molecule has 4 aromatic rings. The first-order valence-electron chi connectivity index (χ1n) is 11.1. The molecule has 0 radical (unpaired) electrons. The lowest BCUT2D eigenvalue weighted by atomic mass is 10.0. The Hall–Kier alpha value is -3.85. The average Bonchev–Trinajstić information content (AvgIpc) is 2.86. The molecule has 0 fully saturated rings. The first-order valence-corrected chi connectivity index (χ1v) is 14.7. The van der Waals surface area contributed by atoms with Gasteiger partial charge >= 0.3 is 0 Å². The summed E-state index contributed by atoms with van der Waals surface area (Å²) in [6.45, 7) is 0.971. The van der Waals surface area contributed by atoms with E-state index in [0.717, 1.165) is 37.6 Å². The van der Waals surface area contributed by atoms with Gasteiger partial charge in [-0.1, -0.05) is 30.3 Å². The largest absolute Gasteiger partial charge is 0.283 e. The van der Waals surface area contributed by atoms with Gasteiger partial charge in [-0.15, -0.1) is 0 Å². The Morgan fingerprint density at radius 1 is 0.974 bits per heavy atom. The highest BCUT2D eigenvalue weighted by molar-refractivity contribution is 7.92. The molecule has 0 aliphatic heterocycles. The lowest BCUT2D eigenvalue weighted by molar-refractivity contribution is 0.0916. The SMILES string of the molecule is CC(C(F)F)n1c(=O)c(-c2ccc(NS(=O)(=O)Cc3ccccc3)c(F)c2F)cc2cnc(S(C)(=O)=O)nc21. The second-order valence-electron chi connectivity index (χ2n) is 8.65. The lowest BCUT2D eigenvalue weighted by Crippen LogP contribution is -2.30. The number of fused-ring (bicyclic) bond motifs is 1. The van der Waals surface area contributed by atoms with Crippen molar-refractivity contribution < 1.29 is 34.4 Å². The maximum atomic E-state index is 15.2. The van der Waals surface area contributed by atoms with Crippen molar-refractivity contribution in [3.8, 4) is 11.1 Å². The number of rotatable bonds is 8. The van der Waals surface area contributed by atoms with Gasteiger partial charge in [-0.2, -0.15) is 4.98 Å². The summed E-state index contributed by atoms with van der Waals surface area (Å²) >= 11 is 0. The normalized spacial score (nSPS) is 13.1. The Morgan fingerprint density at radius 2 is 1.64 bits per heavy atom. The summed E-state index contributed by atoms with van der Waals surface area (Å²) in [5, 5.41) is -0.821. The van der Waals surface area contributed by atoms with Crippen LogP contribution in [0, 0.1) is 11.6 Å². The molecule has 0 saturated heterocycles. The number of sulfone groups is 1. The minimum absolute atomic E-state index is 0.100. The lowest BCUT2D eigenvalue weighted by Gasteiger charge is -2.19. The summed E-state index contributed by atoms with van der Waals surface area (Å²) in [5.41, 5.74) is -3.18. The van der Waals surface area contributed by atoms with Gasteiger partial charge < -0.3 is 0 Å². The van der Waals surface area contributed by atoms with Crippen LogP contribution in [0.1, 0.15) is 18.5 Å². The molecule has 0 spiro atoms. The third-order valence-corrected chi connectivity index (χ3v) is 7.80. The van der Waals surface area contributed by atoms with Crippen molar-refractivity contribution in [2.75, 3.05) is 11.0 Å². The van der Waals surface area contributed by atoms with Crippen molar-refractivity contribution in [3.63, 3.8) is 0 Å². The third kappa shape index (κ3) is 5.78. The molecule has 1 unspecified atom stereocenters. The van der Waals surface area contributed by atoms with Gasteiger partial charge in [0.25, 0.3) is 12.0 Å². The number of nitrogens with zero attached hydrogens (tertiary/aromatic N) is 3. The highest BCUT2D eigenvalue weighted by atomic mass is 32.2. The molecule has 39 heavy (non-hydrogen) atoms. The van der Waals surface area contributed by atoms with E-state index in [0.29, 0.717) is 10.1 Å². The van der Waals surface area contributed by atoms with Gasteiger partial charge in [-0.3, -0.25) is 14.1 Å². The molecule has 2 heterocycles. The van der Waals surface area contributed by atoms with E-state index in [4.69, 9.17) is 0 Å². The number of pyridine rings is 1. The van der Waals surface area contributed by atoms with Gasteiger partial charge in [-0.05, 0) is 30.7 Å². The molecule has 4 rings (SSSR count). The zero-order chi connectivity index (χ0) is 28.7. The maximum absolute atomic E-state index is 15.2. The van der Waals surface area contributed by atoms with Gasteiger partial charge in [0.1, 0.15) is 5.65 Å². The highest BCUT2D eigenvalue weighted by Gasteiger charge is 2.27. The molecule has 0 aliphatic carbocycles. The van der Waals surface area contributed by atoms with Crippen molar-refractivity contribution in [1.82, 2.24) is 14.5 Å². The van der Waals surface area contributed by atoms with Gasteiger partial charge in [0.15, 0.2) is 11.6 Å². The van der Waals surface area contributed by atoms with Crippen LogP contribution in [0.3, 0.4) is 0 Å². The van der Waals surface area contributed by atoms with E-state index < -0.39 is 82.9 Å². The minimum Gasteiger partial charge on any atom is -0.283 e. The first kappa shape index (κ1) is 28.2. The number of nitrogens with one attached hydrogen (secondary N) is 1. The monoisotopic (exact) mass is 584 g/mol. The Balaban J connectivity index is 1.84. The van der Waals surface area contributed by atoms with E-state index in [-0.39, 0.29) is 5.39 Å². The van der Waals surface area contributed by atoms with Crippen LogP contribution in [-0.4, -0.2) is 44.1 Å². The van der Waals surface area contributed by atoms with E-state index in [1.165, 1.54) is 12.1 Å². The Morgan fingerprint density at radius 3 is 2.26 bits per heavy atom. The molecular formula is C24H20F4N4O5S2. The molecule has 15 heteroatoms. The average molecular weight is 585 g/mol. The third-order valence-electron chi connectivity index (χ3n) is 5.69. The number of alkyl halides is 2. The van der Waals surface area contributed by atoms with E-state index in [2.05, 4.69) is 9.97 Å². The van der Waals surface area contributed by atoms with Crippen molar-refractivity contribution in [2.24, 2.45) is 0 Å². The molecule has 9 nitrogen and oxygen atoms in total. The Bertz CT molecular complexity index is 1850. The molecule has 1 N–H and O–H groups in total. The van der Waals surface area contributed by atoms with Crippen molar-refractivity contribution in [1.29, 1.82) is 0 Å². The maximum Gasteiger partial charge on any atom is 0.260 e. The number of hydrogen-bond acceptors (Lipinski definition) is 7. The number of anilines is 1. The summed E-state index contributed by atoms with van der Waals surface area (Å²) in [6, 6.07) is 8.95. The van der Waals surface area contributed by atoms with Crippen molar-refractivity contribution in [2.45, 2.75) is 30.3 Å². The van der Waals surface area contributed by atoms with Crippen LogP contribution in [0.25, 0.3) is 22.2 Å². The molecule has 1 atom stereocenters. The highest BCUT2D eigenvalue weighted by Crippen LogP contribution is 2.30. The fraction of sp³-hybridized carbons (Fsp3) is 0.208. The van der Waals surface area contributed by atoms with Crippen LogP contribution in [0.15, 0.2) is 64.7 Å². The summed E-state index contributed by atoms with van der Waals surface area (Å²) < 4.78 is 109. The quantitative estimate of drug-likeness (QED) is 0.246. The predicted molar refractivity (Wildman–Crippen MR) is 136 cm³/mol. The molecule has 2 aromatic carbocycles. The molecular weight excluding hydrogens is 564 g/mol. The van der Waals surface area contributed by atoms with Gasteiger partial charge in [0, 0.05) is 23.4 Å². The first-order chi connectivity index (χ1) is 18.2. The fourth-order valence-corrected chi connectivity index (χ4v) is 5.49. The van der Waals surface area contributed by atoms with E-state index in [9.17, 15) is 30.4 Å². The van der Waals surface area contributed by atoms with Gasteiger partial charge in [-0.25, -0.2) is 39.4 Å². The summed E-state index contributed by atoms with van der Waals surface area (Å²) in [4.78, 5) is 20.7. The van der Waals surface area contributed by atoms with Crippen molar-refractivity contribution in [3.05, 3.63) is 82.3 Å². The molecule has 0 saturated carbocycles. The Labute approximate surface area is 220 Å². The number of aromatic nitrogens is 3. The summed E-state index contributed by atoms with van der Waals surface area (Å²) in [6.07, 6.45) is -1.37. The van der Waals surface area contributed by atoms with Crippen LogP contribution in [0.5, 0.6) is 0 Å². The van der Waals surface area contributed by atoms with Crippen LogP contribution >= 0.6 is 0 Å². The molecule has 206 valence electrons. The molecule has 0 amide bonds. The summed E-state index contributed by atoms with van der Waals surface area (Å²) in [7, 11) is -8.13. The van der Waals surface area contributed by atoms with E-state index in [1.807, 2.05) is 4.72 Å². The predicted octanol–water partition coefficient (Wildman–Crippen LogP) is 3.91. The molecule has 0 bridgehead atoms. The van der Waals surface area contributed by atoms with Gasteiger partial charge in [0.05, 0.1) is 23.0 Å². The van der Waals surface area contributed by atoms with Crippen LogP contribution in [-0.2, 0) is 25.6 Å². The number of halogens is 4. The standard InChI is InChI=1S/C24H20F4N4O5S2/c1-13(21(27)28)32-22-15(11-29-24(30-22)38(2,34)35)10-17(23(32)33)16-8-9-18(20(26)19(16)25)31-39(36,37)12-14-6-4-3-5-7-14/h3-11,13,21,31H,12H2,1-2H3. The van der Waals surface area contributed by atoms with E-state index >= 15 is 8.78 Å². The topological polar surface area (TPSA) is 128 Å². The van der Waals surface area contributed by atoms with Crippen molar-refractivity contribution >= 4 is 36.6 Å².